The monoisotopic (exact) mass is 225 g/mol. The predicted octanol–water partition coefficient (Wildman–Crippen LogP) is 0.448. The third kappa shape index (κ3) is 2.12. The molecule has 0 aromatic rings. The molecule has 3 saturated heterocycles. The van der Waals surface area contributed by atoms with Gasteiger partial charge in [0.25, 0.3) is 0 Å². The van der Waals surface area contributed by atoms with E-state index in [1.807, 2.05) is 0 Å². The van der Waals surface area contributed by atoms with Gasteiger partial charge in [0.1, 0.15) is 0 Å². The summed E-state index contributed by atoms with van der Waals surface area (Å²) in [5, 5.41) is 2.36. The Morgan fingerprint density at radius 1 is 1.06 bits per heavy atom. The molecule has 0 spiro atoms. The summed E-state index contributed by atoms with van der Waals surface area (Å²) in [6.07, 6.45) is 5.46. The average molecular weight is 225 g/mol. The van der Waals surface area contributed by atoms with E-state index in [0.717, 1.165) is 38.4 Å². The van der Waals surface area contributed by atoms with Crippen LogP contribution in [-0.4, -0.2) is 61.4 Å². The smallest absolute Gasteiger partial charge is 0.0608 e. The highest BCUT2D eigenvalue weighted by Gasteiger charge is 2.38. The lowest BCUT2D eigenvalue weighted by Gasteiger charge is -2.39. The van der Waals surface area contributed by atoms with Crippen molar-refractivity contribution in [3.05, 3.63) is 0 Å². The Labute approximate surface area is 97.9 Å². The van der Waals surface area contributed by atoms with Gasteiger partial charge in [-0.2, -0.15) is 0 Å². The number of nitrogens with one attached hydrogen (secondary N) is 1. The molecule has 2 bridgehead atoms. The summed E-state index contributed by atoms with van der Waals surface area (Å²) >= 11 is 0. The van der Waals surface area contributed by atoms with Crippen LogP contribution in [0.1, 0.15) is 25.7 Å². The van der Waals surface area contributed by atoms with Crippen LogP contribution in [0.15, 0.2) is 0 Å². The van der Waals surface area contributed by atoms with Gasteiger partial charge in [-0.1, -0.05) is 0 Å². The molecular formula is C12H23N3O. The number of morpholine rings is 1. The van der Waals surface area contributed by atoms with Crippen LogP contribution in [0, 0.1) is 0 Å². The topological polar surface area (TPSA) is 27.7 Å². The van der Waals surface area contributed by atoms with Crippen molar-refractivity contribution < 1.29 is 4.74 Å². The highest BCUT2D eigenvalue weighted by atomic mass is 16.5. The van der Waals surface area contributed by atoms with E-state index >= 15 is 0 Å². The van der Waals surface area contributed by atoms with Gasteiger partial charge in [-0.3, -0.25) is 5.43 Å². The first-order valence-electron chi connectivity index (χ1n) is 6.64. The van der Waals surface area contributed by atoms with E-state index in [1.54, 1.807) is 0 Å². The zero-order valence-corrected chi connectivity index (χ0v) is 10.2. The first-order chi connectivity index (χ1) is 7.83. The van der Waals surface area contributed by atoms with E-state index in [0.29, 0.717) is 6.04 Å². The van der Waals surface area contributed by atoms with Crippen LogP contribution in [0.5, 0.6) is 0 Å². The minimum absolute atomic E-state index is 0.701. The minimum atomic E-state index is 0.701. The van der Waals surface area contributed by atoms with E-state index in [4.69, 9.17) is 4.74 Å². The molecule has 2 unspecified atom stereocenters. The van der Waals surface area contributed by atoms with E-state index in [2.05, 4.69) is 22.4 Å². The van der Waals surface area contributed by atoms with Crippen molar-refractivity contribution in [1.82, 2.24) is 15.3 Å². The van der Waals surface area contributed by atoms with Crippen LogP contribution in [0.25, 0.3) is 0 Å². The Morgan fingerprint density at radius 3 is 2.31 bits per heavy atom. The fraction of sp³-hybridized carbons (Fsp3) is 1.00. The van der Waals surface area contributed by atoms with Crippen molar-refractivity contribution >= 4 is 0 Å². The van der Waals surface area contributed by atoms with Gasteiger partial charge >= 0.3 is 0 Å². The third-order valence-corrected chi connectivity index (χ3v) is 4.47. The van der Waals surface area contributed by atoms with Crippen molar-refractivity contribution in [1.29, 1.82) is 0 Å². The lowest BCUT2D eigenvalue weighted by Crippen LogP contribution is -2.55. The predicted molar refractivity (Wildman–Crippen MR) is 63.1 cm³/mol. The number of hydrogen-bond donors (Lipinski definition) is 1. The van der Waals surface area contributed by atoms with Gasteiger partial charge in [0.15, 0.2) is 0 Å². The van der Waals surface area contributed by atoms with Gasteiger partial charge in [0, 0.05) is 31.2 Å². The Kier molecular flexibility index (Phi) is 3.16. The number of piperidine rings is 1. The van der Waals surface area contributed by atoms with Crippen LogP contribution in [-0.2, 0) is 4.74 Å². The maximum atomic E-state index is 5.37. The van der Waals surface area contributed by atoms with Gasteiger partial charge in [0.05, 0.1) is 13.2 Å². The highest BCUT2D eigenvalue weighted by molar-refractivity contribution is 4.95. The van der Waals surface area contributed by atoms with Crippen molar-refractivity contribution in [2.24, 2.45) is 0 Å². The molecule has 92 valence electrons. The second-order valence-electron chi connectivity index (χ2n) is 5.45. The molecule has 2 atom stereocenters. The number of hydrazine groups is 1. The molecule has 4 heteroatoms. The van der Waals surface area contributed by atoms with Gasteiger partial charge < -0.3 is 9.64 Å². The van der Waals surface area contributed by atoms with Crippen molar-refractivity contribution in [2.75, 3.05) is 33.4 Å². The Balaban J connectivity index is 1.53. The van der Waals surface area contributed by atoms with Crippen molar-refractivity contribution in [2.45, 2.75) is 43.8 Å². The number of nitrogens with zero attached hydrogens (tertiary/aromatic N) is 2. The first-order valence-corrected chi connectivity index (χ1v) is 6.64. The molecule has 0 amide bonds. The van der Waals surface area contributed by atoms with Crippen LogP contribution >= 0.6 is 0 Å². The molecular weight excluding hydrogens is 202 g/mol. The zero-order valence-electron chi connectivity index (χ0n) is 10.2. The van der Waals surface area contributed by atoms with E-state index in [-0.39, 0.29) is 0 Å². The van der Waals surface area contributed by atoms with E-state index in [9.17, 15) is 0 Å². The molecule has 3 heterocycles. The van der Waals surface area contributed by atoms with E-state index in [1.165, 1.54) is 25.7 Å². The second-order valence-corrected chi connectivity index (χ2v) is 5.45. The van der Waals surface area contributed by atoms with E-state index < -0.39 is 0 Å². The molecule has 3 fully saturated rings. The number of ether oxygens (including phenoxy) is 1. The summed E-state index contributed by atoms with van der Waals surface area (Å²) in [5.41, 5.74) is 3.71. The summed E-state index contributed by atoms with van der Waals surface area (Å²) < 4.78 is 5.37. The SMILES string of the molecule is CN1C2CCC1CC(NN1CCOCC1)C2. The molecule has 0 aromatic heterocycles. The maximum absolute atomic E-state index is 5.37. The van der Waals surface area contributed by atoms with Crippen LogP contribution < -0.4 is 5.43 Å². The largest absolute Gasteiger partial charge is 0.379 e. The van der Waals surface area contributed by atoms with Gasteiger partial charge in [-0.15, -0.1) is 0 Å². The molecule has 16 heavy (non-hydrogen) atoms. The molecule has 0 saturated carbocycles. The maximum Gasteiger partial charge on any atom is 0.0608 e. The highest BCUT2D eigenvalue weighted by Crippen LogP contribution is 2.34. The fourth-order valence-corrected chi connectivity index (χ4v) is 3.47. The van der Waals surface area contributed by atoms with Gasteiger partial charge in [-0.05, 0) is 32.7 Å². The third-order valence-electron chi connectivity index (χ3n) is 4.47. The summed E-state index contributed by atoms with van der Waals surface area (Å²) in [7, 11) is 2.30. The molecule has 3 aliphatic heterocycles. The van der Waals surface area contributed by atoms with Crippen molar-refractivity contribution in [3.8, 4) is 0 Å². The van der Waals surface area contributed by atoms with Gasteiger partial charge in [-0.25, -0.2) is 5.01 Å². The Hall–Kier alpha value is -0.160. The number of hydrogen-bond acceptors (Lipinski definition) is 4. The minimum Gasteiger partial charge on any atom is -0.379 e. The molecule has 3 rings (SSSR count). The standard InChI is InChI=1S/C12H23N3O/c1-14-11-2-3-12(14)9-10(8-11)13-15-4-6-16-7-5-15/h10-13H,2-9H2,1H3. The number of fused-ring (bicyclic) bond motifs is 2. The fourth-order valence-electron chi connectivity index (χ4n) is 3.47. The van der Waals surface area contributed by atoms with Gasteiger partial charge in [0.2, 0.25) is 0 Å². The summed E-state index contributed by atoms with van der Waals surface area (Å²) in [6.45, 7) is 3.85. The van der Waals surface area contributed by atoms with Crippen LogP contribution in [0.2, 0.25) is 0 Å². The first kappa shape index (κ1) is 11.0. The van der Waals surface area contributed by atoms with Crippen molar-refractivity contribution in [3.63, 3.8) is 0 Å². The second kappa shape index (κ2) is 4.61. The molecule has 1 N–H and O–H groups in total. The summed E-state index contributed by atoms with van der Waals surface area (Å²) in [4.78, 5) is 2.59. The molecule has 0 radical (unpaired) electrons. The quantitative estimate of drug-likeness (QED) is 0.738. The average Bonchev–Trinajstić information content (AvgIpc) is 2.54. The molecule has 0 aliphatic carbocycles. The summed E-state index contributed by atoms with van der Waals surface area (Å²) in [5.74, 6) is 0. The Bertz CT molecular complexity index is 228. The lowest BCUT2D eigenvalue weighted by atomic mass is 9.99. The van der Waals surface area contributed by atoms with Crippen LogP contribution in [0.3, 0.4) is 0 Å². The summed E-state index contributed by atoms with van der Waals surface area (Å²) in [6, 6.07) is 2.36. The number of rotatable bonds is 2. The lowest BCUT2D eigenvalue weighted by molar-refractivity contribution is -0.00682. The zero-order chi connectivity index (χ0) is 11.0. The molecule has 3 aliphatic rings. The molecule has 0 aromatic carbocycles. The normalized spacial score (nSPS) is 41.4. The van der Waals surface area contributed by atoms with Crippen LogP contribution in [0.4, 0.5) is 0 Å². The molecule has 4 nitrogen and oxygen atoms in total. The Morgan fingerprint density at radius 2 is 1.69 bits per heavy atom.